The summed E-state index contributed by atoms with van der Waals surface area (Å²) in [6, 6.07) is 0. The Morgan fingerprint density at radius 3 is 2.38 bits per heavy atom. The summed E-state index contributed by atoms with van der Waals surface area (Å²) in [6.07, 6.45) is 6.74. The van der Waals surface area contributed by atoms with Gasteiger partial charge in [0.05, 0.1) is 5.60 Å². The number of carbonyl (C=O) groups excluding carboxylic acids is 1. The minimum Gasteiger partial charge on any atom is -0.388 e. The van der Waals surface area contributed by atoms with Crippen LogP contribution in [0.1, 0.15) is 44.9 Å². The number of guanidine groups is 1. The first-order valence-electron chi connectivity index (χ1n) is 9.70. The zero-order valence-corrected chi connectivity index (χ0v) is 18.1. The van der Waals surface area contributed by atoms with E-state index in [9.17, 15) is 9.90 Å². The maximum Gasteiger partial charge on any atom is 0.251 e. The summed E-state index contributed by atoms with van der Waals surface area (Å²) in [6.45, 7) is 4.17. The highest BCUT2D eigenvalue weighted by atomic mass is 127. The van der Waals surface area contributed by atoms with Gasteiger partial charge in [0.25, 0.3) is 5.91 Å². The molecule has 1 amide bonds. The van der Waals surface area contributed by atoms with Gasteiger partial charge in [0.15, 0.2) is 5.96 Å². The molecule has 0 spiro atoms. The van der Waals surface area contributed by atoms with Gasteiger partial charge in [-0.2, -0.15) is 0 Å². The van der Waals surface area contributed by atoms with E-state index < -0.39 is 5.60 Å². The molecule has 1 unspecified atom stereocenters. The molecule has 0 aromatic rings. The molecule has 0 radical (unpaired) electrons. The zero-order chi connectivity index (χ0) is 17.7. The average molecular weight is 480 g/mol. The van der Waals surface area contributed by atoms with Crippen molar-refractivity contribution < 1.29 is 14.6 Å². The maximum absolute atomic E-state index is 12.4. The molecular weight excluding hydrogens is 447 g/mol. The van der Waals surface area contributed by atoms with Gasteiger partial charge in [0.1, 0.15) is 6.10 Å². The summed E-state index contributed by atoms with van der Waals surface area (Å²) in [5, 5.41) is 14.0. The molecule has 3 aliphatic rings. The van der Waals surface area contributed by atoms with Crippen LogP contribution in [-0.4, -0.2) is 84.9 Å². The molecular formula is C18H33IN4O3. The molecule has 1 saturated carbocycles. The van der Waals surface area contributed by atoms with Crippen LogP contribution in [0.3, 0.4) is 0 Å². The Kier molecular flexibility index (Phi) is 8.41. The number of halogens is 1. The van der Waals surface area contributed by atoms with Crippen LogP contribution in [0.5, 0.6) is 0 Å². The fraction of sp³-hybridized carbons (Fsp3) is 0.889. The molecule has 1 atom stereocenters. The standard InChI is InChI=1S/C18H32N4O3.HI/c1-19-17(20-14-18(24)7-3-2-4-8-18)22-11-9-21(10-12-22)16(23)15-6-5-13-25-15;/h15,24H,2-14H2,1H3,(H,19,20);1H. The van der Waals surface area contributed by atoms with Crippen LogP contribution >= 0.6 is 24.0 Å². The Bertz CT molecular complexity index is 483. The number of piperazine rings is 1. The summed E-state index contributed by atoms with van der Waals surface area (Å²) in [5.41, 5.74) is -0.605. The fourth-order valence-electron chi connectivity index (χ4n) is 4.08. The van der Waals surface area contributed by atoms with Crippen LogP contribution in [0.15, 0.2) is 4.99 Å². The molecule has 2 heterocycles. The summed E-state index contributed by atoms with van der Waals surface area (Å²) < 4.78 is 5.51. The number of hydrogen-bond donors (Lipinski definition) is 2. The van der Waals surface area contributed by atoms with Gasteiger partial charge >= 0.3 is 0 Å². The number of amides is 1. The van der Waals surface area contributed by atoms with E-state index in [0.29, 0.717) is 26.2 Å². The smallest absolute Gasteiger partial charge is 0.251 e. The van der Waals surface area contributed by atoms with E-state index in [1.807, 2.05) is 4.90 Å². The molecule has 0 bridgehead atoms. The van der Waals surface area contributed by atoms with Gasteiger partial charge in [0.2, 0.25) is 0 Å². The average Bonchev–Trinajstić information content (AvgIpc) is 3.17. The lowest BCUT2D eigenvalue weighted by atomic mass is 9.85. The van der Waals surface area contributed by atoms with Crippen molar-refractivity contribution in [2.45, 2.75) is 56.7 Å². The van der Waals surface area contributed by atoms with Crippen LogP contribution in [0.4, 0.5) is 0 Å². The highest BCUT2D eigenvalue weighted by Crippen LogP contribution is 2.27. The lowest BCUT2D eigenvalue weighted by molar-refractivity contribution is -0.142. The second-order valence-corrected chi connectivity index (χ2v) is 7.50. The second kappa shape index (κ2) is 10.1. The maximum atomic E-state index is 12.4. The van der Waals surface area contributed by atoms with E-state index in [0.717, 1.165) is 57.6 Å². The molecule has 2 N–H and O–H groups in total. The van der Waals surface area contributed by atoms with Crippen LogP contribution < -0.4 is 5.32 Å². The molecule has 0 aromatic carbocycles. The van der Waals surface area contributed by atoms with Crippen molar-refractivity contribution in [2.24, 2.45) is 4.99 Å². The zero-order valence-electron chi connectivity index (χ0n) is 15.8. The van der Waals surface area contributed by atoms with Crippen LogP contribution in [0, 0.1) is 0 Å². The number of carbonyl (C=O) groups is 1. The predicted octanol–water partition coefficient (Wildman–Crippen LogP) is 1.20. The number of ether oxygens (including phenoxy) is 1. The first kappa shape index (κ1) is 21.7. The number of aliphatic imine (C=N–C) groups is 1. The van der Waals surface area contributed by atoms with Gasteiger partial charge in [0, 0.05) is 46.4 Å². The third-order valence-electron chi connectivity index (χ3n) is 5.67. The molecule has 1 aliphatic carbocycles. The second-order valence-electron chi connectivity index (χ2n) is 7.50. The third-order valence-corrected chi connectivity index (χ3v) is 5.67. The van der Waals surface area contributed by atoms with Crippen molar-refractivity contribution in [3.8, 4) is 0 Å². The molecule has 26 heavy (non-hydrogen) atoms. The molecule has 150 valence electrons. The van der Waals surface area contributed by atoms with Gasteiger partial charge in [-0.1, -0.05) is 19.3 Å². The van der Waals surface area contributed by atoms with E-state index in [-0.39, 0.29) is 36.0 Å². The van der Waals surface area contributed by atoms with Crippen molar-refractivity contribution >= 4 is 35.8 Å². The first-order chi connectivity index (χ1) is 12.1. The van der Waals surface area contributed by atoms with Crippen LogP contribution in [-0.2, 0) is 9.53 Å². The molecule has 3 rings (SSSR count). The minimum absolute atomic E-state index is 0. The predicted molar refractivity (Wildman–Crippen MR) is 112 cm³/mol. The van der Waals surface area contributed by atoms with Crippen molar-refractivity contribution in [1.82, 2.24) is 15.1 Å². The number of rotatable bonds is 3. The van der Waals surface area contributed by atoms with Crippen molar-refractivity contribution in [2.75, 3.05) is 46.4 Å². The van der Waals surface area contributed by atoms with E-state index >= 15 is 0 Å². The normalized spacial score (nSPS) is 26.4. The van der Waals surface area contributed by atoms with E-state index in [1.165, 1.54) is 6.42 Å². The number of nitrogens with zero attached hydrogens (tertiary/aromatic N) is 3. The Hall–Kier alpha value is -0.610. The Morgan fingerprint density at radius 1 is 1.15 bits per heavy atom. The topological polar surface area (TPSA) is 77.4 Å². The Morgan fingerprint density at radius 2 is 1.81 bits per heavy atom. The largest absolute Gasteiger partial charge is 0.388 e. The minimum atomic E-state index is -0.605. The van der Waals surface area contributed by atoms with Crippen molar-refractivity contribution in [1.29, 1.82) is 0 Å². The quantitative estimate of drug-likeness (QED) is 0.361. The summed E-state index contributed by atoms with van der Waals surface area (Å²) >= 11 is 0. The first-order valence-corrected chi connectivity index (χ1v) is 9.70. The molecule has 0 aromatic heterocycles. The van der Waals surface area contributed by atoms with Gasteiger partial charge < -0.3 is 25.0 Å². The van der Waals surface area contributed by atoms with Crippen molar-refractivity contribution in [3.05, 3.63) is 0 Å². The number of hydrogen-bond acceptors (Lipinski definition) is 4. The van der Waals surface area contributed by atoms with Gasteiger partial charge in [-0.3, -0.25) is 9.79 Å². The van der Waals surface area contributed by atoms with E-state index in [2.05, 4.69) is 15.2 Å². The lowest BCUT2D eigenvalue weighted by Crippen LogP contribution is -2.56. The molecule has 7 nitrogen and oxygen atoms in total. The van der Waals surface area contributed by atoms with Crippen LogP contribution in [0.2, 0.25) is 0 Å². The molecule has 2 saturated heterocycles. The molecule has 3 fully saturated rings. The summed E-state index contributed by atoms with van der Waals surface area (Å²) in [5.74, 6) is 0.958. The van der Waals surface area contributed by atoms with E-state index in [4.69, 9.17) is 4.74 Å². The molecule has 2 aliphatic heterocycles. The third kappa shape index (κ3) is 5.45. The highest BCUT2D eigenvalue weighted by molar-refractivity contribution is 14.0. The highest BCUT2D eigenvalue weighted by Gasteiger charge is 2.32. The van der Waals surface area contributed by atoms with Gasteiger partial charge in [-0.15, -0.1) is 24.0 Å². The fourth-order valence-corrected chi connectivity index (χ4v) is 4.08. The van der Waals surface area contributed by atoms with Gasteiger partial charge in [-0.25, -0.2) is 0 Å². The van der Waals surface area contributed by atoms with E-state index in [1.54, 1.807) is 7.05 Å². The van der Waals surface area contributed by atoms with Gasteiger partial charge in [-0.05, 0) is 25.7 Å². The van der Waals surface area contributed by atoms with Crippen LogP contribution in [0.25, 0.3) is 0 Å². The number of nitrogens with one attached hydrogen (secondary N) is 1. The summed E-state index contributed by atoms with van der Waals surface area (Å²) in [7, 11) is 1.77. The molecule has 8 heteroatoms. The Balaban J connectivity index is 0.00000243. The summed E-state index contributed by atoms with van der Waals surface area (Å²) in [4.78, 5) is 20.9. The SMILES string of the molecule is CN=C(NCC1(O)CCCCC1)N1CCN(C(=O)C2CCCO2)CC1.I. The Labute approximate surface area is 173 Å². The number of aliphatic hydroxyl groups is 1. The lowest BCUT2D eigenvalue weighted by Gasteiger charge is -2.39. The monoisotopic (exact) mass is 480 g/mol. The van der Waals surface area contributed by atoms with Crippen molar-refractivity contribution in [3.63, 3.8) is 0 Å².